The highest BCUT2D eigenvalue weighted by Gasteiger charge is 2.28. The van der Waals surface area contributed by atoms with Crippen LogP contribution in [0.3, 0.4) is 0 Å². The standard InChI is InChI=1S/C25H32N2O4/c1-29-20-5-6-21-19(8-11-26-22(21)16-20)15-25(28)27-12-9-17(10-13-27)18-4-7-23(30-2)24(14-18)31-3/h4-7,14,16-17,19,26H,8-13,15H2,1-3H3. The number of fused-ring (bicyclic) bond motifs is 1. The first-order valence-electron chi connectivity index (χ1n) is 11.0. The molecule has 1 fully saturated rings. The number of likely N-dealkylation sites (tertiary alicyclic amines) is 1. The minimum absolute atomic E-state index is 0.262. The van der Waals surface area contributed by atoms with Crippen LogP contribution in [0.25, 0.3) is 0 Å². The van der Waals surface area contributed by atoms with Gasteiger partial charge in [-0.2, -0.15) is 0 Å². The molecule has 2 aliphatic rings. The van der Waals surface area contributed by atoms with Crippen LogP contribution in [0, 0.1) is 0 Å². The number of carbonyl (C=O) groups is 1. The Balaban J connectivity index is 1.36. The summed E-state index contributed by atoms with van der Waals surface area (Å²) in [6.45, 7) is 2.50. The van der Waals surface area contributed by atoms with Crippen molar-refractivity contribution in [3.8, 4) is 17.2 Å². The molecule has 2 aliphatic heterocycles. The number of nitrogens with one attached hydrogen (secondary N) is 1. The Morgan fingerprint density at radius 2 is 1.74 bits per heavy atom. The second-order valence-corrected chi connectivity index (χ2v) is 8.34. The molecule has 0 spiro atoms. The molecular formula is C25H32N2O4. The predicted molar refractivity (Wildman–Crippen MR) is 122 cm³/mol. The van der Waals surface area contributed by atoms with Gasteiger partial charge >= 0.3 is 0 Å². The van der Waals surface area contributed by atoms with Gasteiger partial charge in [0.15, 0.2) is 11.5 Å². The van der Waals surface area contributed by atoms with Gasteiger partial charge in [0, 0.05) is 37.8 Å². The average molecular weight is 425 g/mol. The lowest BCUT2D eigenvalue weighted by Gasteiger charge is -2.34. The maximum absolute atomic E-state index is 13.1. The van der Waals surface area contributed by atoms with E-state index >= 15 is 0 Å². The third-order valence-electron chi connectivity index (χ3n) is 6.66. The summed E-state index contributed by atoms with van der Waals surface area (Å²) in [7, 11) is 4.99. The molecule has 0 saturated carbocycles. The molecular weight excluding hydrogens is 392 g/mol. The molecule has 1 N–H and O–H groups in total. The number of rotatable bonds is 6. The number of amides is 1. The van der Waals surface area contributed by atoms with E-state index in [2.05, 4.69) is 23.5 Å². The SMILES string of the molecule is COc1ccc2c(c1)NCCC2CC(=O)N1CCC(c2ccc(OC)c(OC)c2)CC1. The van der Waals surface area contributed by atoms with E-state index in [1.807, 2.05) is 23.1 Å². The second kappa shape index (κ2) is 9.50. The van der Waals surface area contributed by atoms with Crippen LogP contribution < -0.4 is 19.5 Å². The molecule has 0 radical (unpaired) electrons. The first-order valence-corrected chi connectivity index (χ1v) is 11.0. The van der Waals surface area contributed by atoms with E-state index in [0.717, 1.165) is 61.8 Å². The number of carbonyl (C=O) groups excluding carboxylic acids is 1. The first-order chi connectivity index (χ1) is 15.1. The summed E-state index contributed by atoms with van der Waals surface area (Å²) in [5.41, 5.74) is 3.57. The fourth-order valence-corrected chi connectivity index (χ4v) is 4.83. The number of anilines is 1. The van der Waals surface area contributed by atoms with Crippen molar-refractivity contribution in [2.75, 3.05) is 46.3 Å². The molecule has 1 amide bonds. The van der Waals surface area contributed by atoms with E-state index < -0.39 is 0 Å². The van der Waals surface area contributed by atoms with Crippen LogP contribution in [0.1, 0.15) is 48.6 Å². The highest BCUT2D eigenvalue weighted by Crippen LogP contribution is 2.38. The summed E-state index contributed by atoms with van der Waals surface area (Å²) < 4.78 is 16.1. The van der Waals surface area contributed by atoms with Gasteiger partial charge in [-0.25, -0.2) is 0 Å². The monoisotopic (exact) mass is 424 g/mol. The minimum atomic E-state index is 0.262. The van der Waals surface area contributed by atoms with E-state index in [1.54, 1.807) is 21.3 Å². The zero-order chi connectivity index (χ0) is 21.8. The summed E-state index contributed by atoms with van der Waals surface area (Å²) in [5, 5.41) is 3.44. The van der Waals surface area contributed by atoms with E-state index in [1.165, 1.54) is 11.1 Å². The van der Waals surface area contributed by atoms with Crippen molar-refractivity contribution in [2.45, 2.75) is 37.5 Å². The number of hydrogen-bond donors (Lipinski definition) is 1. The number of nitrogens with zero attached hydrogens (tertiary/aromatic N) is 1. The lowest BCUT2D eigenvalue weighted by molar-refractivity contribution is -0.132. The zero-order valence-electron chi connectivity index (χ0n) is 18.6. The van der Waals surface area contributed by atoms with Crippen molar-refractivity contribution >= 4 is 11.6 Å². The normalized spacial score (nSPS) is 18.7. The van der Waals surface area contributed by atoms with Crippen LogP contribution in [0.15, 0.2) is 36.4 Å². The van der Waals surface area contributed by atoms with Gasteiger partial charge < -0.3 is 24.4 Å². The van der Waals surface area contributed by atoms with Crippen molar-refractivity contribution in [3.05, 3.63) is 47.5 Å². The van der Waals surface area contributed by atoms with Crippen LogP contribution in [0.5, 0.6) is 17.2 Å². The van der Waals surface area contributed by atoms with Gasteiger partial charge in [-0.15, -0.1) is 0 Å². The van der Waals surface area contributed by atoms with Crippen molar-refractivity contribution in [1.82, 2.24) is 4.90 Å². The van der Waals surface area contributed by atoms with Crippen LogP contribution in [0.2, 0.25) is 0 Å². The second-order valence-electron chi connectivity index (χ2n) is 8.34. The maximum Gasteiger partial charge on any atom is 0.223 e. The smallest absolute Gasteiger partial charge is 0.223 e. The predicted octanol–water partition coefficient (Wildman–Crippen LogP) is 4.41. The average Bonchev–Trinajstić information content (AvgIpc) is 2.83. The van der Waals surface area contributed by atoms with Crippen molar-refractivity contribution in [3.63, 3.8) is 0 Å². The molecule has 4 rings (SSSR count). The van der Waals surface area contributed by atoms with Gasteiger partial charge in [0.1, 0.15) is 5.75 Å². The van der Waals surface area contributed by atoms with E-state index in [0.29, 0.717) is 12.3 Å². The number of methoxy groups -OCH3 is 3. The molecule has 2 aromatic rings. The third-order valence-corrected chi connectivity index (χ3v) is 6.66. The Hall–Kier alpha value is -2.89. The van der Waals surface area contributed by atoms with E-state index in [4.69, 9.17) is 14.2 Å². The fourth-order valence-electron chi connectivity index (χ4n) is 4.83. The summed E-state index contributed by atoms with van der Waals surface area (Å²) in [6.07, 6.45) is 3.50. The summed E-state index contributed by atoms with van der Waals surface area (Å²) in [5.74, 6) is 3.32. The Kier molecular flexibility index (Phi) is 6.54. The molecule has 1 atom stereocenters. The Bertz CT molecular complexity index is 922. The third kappa shape index (κ3) is 4.58. The minimum Gasteiger partial charge on any atom is -0.497 e. The van der Waals surface area contributed by atoms with Crippen LogP contribution in [-0.4, -0.2) is 51.8 Å². The lowest BCUT2D eigenvalue weighted by Crippen LogP contribution is -2.38. The van der Waals surface area contributed by atoms with Crippen molar-refractivity contribution < 1.29 is 19.0 Å². The Morgan fingerprint density at radius 3 is 2.45 bits per heavy atom. The molecule has 0 aliphatic carbocycles. The molecule has 6 heteroatoms. The first kappa shape index (κ1) is 21.3. The van der Waals surface area contributed by atoms with Gasteiger partial charge in [-0.05, 0) is 60.4 Å². The quantitative estimate of drug-likeness (QED) is 0.744. The topological polar surface area (TPSA) is 60.0 Å². The number of piperidine rings is 1. The molecule has 1 saturated heterocycles. The van der Waals surface area contributed by atoms with Gasteiger partial charge in [0.05, 0.1) is 21.3 Å². The van der Waals surface area contributed by atoms with Gasteiger partial charge in [-0.3, -0.25) is 4.79 Å². The largest absolute Gasteiger partial charge is 0.497 e. The Morgan fingerprint density at radius 1 is 0.968 bits per heavy atom. The van der Waals surface area contributed by atoms with Gasteiger partial charge in [0.25, 0.3) is 0 Å². The van der Waals surface area contributed by atoms with Crippen LogP contribution in [-0.2, 0) is 4.79 Å². The molecule has 1 unspecified atom stereocenters. The highest BCUT2D eigenvalue weighted by atomic mass is 16.5. The highest BCUT2D eigenvalue weighted by molar-refractivity contribution is 5.78. The van der Waals surface area contributed by atoms with Crippen LogP contribution >= 0.6 is 0 Å². The number of ether oxygens (including phenoxy) is 3. The summed E-state index contributed by atoms with van der Waals surface area (Å²) in [6, 6.07) is 12.3. The van der Waals surface area contributed by atoms with Crippen molar-refractivity contribution in [2.24, 2.45) is 0 Å². The van der Waals surface area contributed by atoms with Crippen molar-refractivity contribution in [1.29, 1.82) is 0 Å². The van der Waals surface area contributed by atoms with E-state index in [-0.39, 0.29) is 11.8 Å². The molecule has 0 bridgehead atoms. The molecule has 31 heavy (non-hydrogen) atoms. The fraction of sp³-hybridized carbons (Fsp3) is 0.480. The van der Waals surface area contributed by atoms with Crippen LogP contribution in [0.4, 0.5) is 5.69 Å². The molecule has 166 valence electrons. The van der Waals surface area contributed by atoms with E-state index in [9.17, 15) is 4.79 Å². The lowest BCUT2D eigenvalue weighted by atomic mass is 9.86. The number of hydrogen-bond acceptors (Lipinski definition) is 5. The molecule has 0 aromatic heterocycles. The molecule has 2 heterocycles. The Labute approximate surface area is 184 Å². The van der Waals surface area contributed by atoms with Gasteiger partial charge in [-0.1, -0.05) is 12.1 Å². The maximum atomic E-state index is 13.1. The molecule has 6 nitrogen and oxygen atoms in total. The zero-order valence-corrected chi connectivity index (χ0v) is 18.6. The molecule has 2 aromatic carbocycles. The number of benzene rings is 2. The van der Waals surface area contributed by atoms with Gasteiger partial charge in [0.2, 0.25) is 5.91 Å². The summed E-state index contributed by atoms with van der Waals surface area (Å²) in [4.78, 5) is 15.1. The summed E-state index contributed by atoms with van der Waals surface area (Å²) >= 11 is 0.